The van der Waals surface area contributed by atoms with Crippen molar-refractivity contribution in [3.63, 3.8) is 0 Å². The summed E-state index contributed by atoms with van der Waals surface area (Å²) in [6, 6.07) is 5.59. The van der Waals surface area contributed by atoms with Gasteiger partial charge in [0.25, 0.3) is 0 Å². The lowest BCUT2D eigenvalue weighted by molar-refractivity contribution is 0.218. The van der Waals surface area contributed by atoms with Crippen molar-refractivity contribution >= 4 is 5.69 Å². The van der Waals surface area contributed by atoms with E-state index in [1.165, 1.54) is 0 Å². The highest BCUT2D eigenvalue weighted by Gasteiger charge is 2.20. The Morgan fingerprint density at radius 3 is 2.50 bits per heavy atom. The SMILES string of the molecule is COc1ccc(C(C)(C)CO)cc1N. The standard InChI is InChI=1S/C11H17NO2/c1-11(2,7-13)8-4-5-10(14-3)9(12)6-8/h4-6,13H,7,12H2,1-3H3. The Labute approximate surface area is 84.5 Å². The number of methoxy groups -OCH3 is 1. The molecule has 0 aliphatic carbocycles. The van der Waals surface area contributed by atoms with Crippen molar-refractivity contribution in [2.24, 2.45) is 0 Å². The molecule has 14 heavy (non-hydrogen) atoms. The van der Waals surface area contributed by atoms with Crippen molar-refractivity contribution in [3.05, 3.63) is 23.8 Å². The first-order valence-corrected chi connectivity index (χ1v) is 4.56. The van der Waals surface area contributed by atoms with Crippen molar-refractivity contribution in [1.29, 1.82) is 0 Å². The summed E-state index contributed by atoms with van der Waals surface area (Å²) < 4.78 is 5.06. The van der Waals surface area contributed by atoms with Gasteiger partial charge in [0.2, 0.25) is 0 Å². The molecule has 0 unspecified atom stereocenters. The third kappa shape index (κ3) is 1.99. The number of ether oxygens (including phenoxy) is 1. The molecular weight excluding hydrogens is 178 g/mol. The lowest BCUT2D eigenvalue weighted by Crippen LogP contribution is -2.22. The first-order chi connectivity index (χ1) is 6.51. The maximum absolute atomic E-state index is 9.19. The monoisotopic (exact) mass is 195 g/mol. The van der Waals surface area contributed by atoms with Gasteiger partial charge in [-0.1, -0.05) is 19.9 Å². The molecule has 0 bridgehead atoms. The summed E-state index contributed by atoms with van der Waals surface area (Å²) in [4.78, 5) is 0. The highest BCUT2D eigenvalue weighted by Crippen LogP contribution is 2.29. The van der Waals surface area contributed by atoms with Crippen molar-refractivity contribution in [1.82, 2.24) is 0 Å². The first kappa shape index (κ1) is 10.9. The Balaban J connectivity index is 3.08. The Morgan fingerprint density at radius 1 is 1.43 bits per heavy atom. The molecule has 0 amide bonds. The Kier molecular flexibility index (Phi) is 3.01. The summed E-state index contributed by atoms with van der Waals surface area (Å²) >= 11 is 0. The summed E-state index contributed by atoms with van der Waals surface area (Å²) in [7, 11) is 1.59. The fraction of sp³-hybridized carbons (Fsp3) is 0.455. The fourth-order valence-corrected chi connectivity index (χ4v) is 1.25. The Bertz CT molecular complexity index is 321. The lowest BCUT2D eigenvalue weighted by Gasteiger charge is -2.23. The van der Waals surface area contributed by atoms with Gasteiger partial charge in [0, 0.05) is 5.41 Å². The van der Waals surface area contributed by atoms with Crippen LogP contribution in [-0.4, -0.2) is 18.8 Å². The third-order valence-corrected chi connectivity index (χ3v) is 2.41. The molecule has 0 aliphatic rings. The fourth-order valence-electron chi connectivity index (χ4n) is 1.25. The van der Waals surface area contributed by atoms with Crippen LogP contribution in [0.1, 0.15) is 19.4 Å². The van der Waals surface area contributed by atoms with Crippen molar-refractivity contribution < 1.29 is 9.84 Å². The Morgan fingerprint density at radius 2 is 2.07 bits per heavy atom. The third-order valence-electron chi connectivity index (χ3n) is 2.41. The number of benzene rings is 1. The van der Waals surface area contributed by atoms with E-state index in [2.05, 4.69) is 0 Å². The van der Waals surface area contributed by atoms with Gasteiger partial charge in [-0.2, -0.15) is 0 Å². The number of aliphatic hydroxyl groups excluding tert-OH is 1. The zero-order valence-corrected chi connectivity index (χ0v) is 8.87. The molecular formula is C11H17NO2. The van der Waals surface area contributed by atoms with Gasteiger partial charge in [-0.15, -0.1) is 0 Å². The summed E-state index contributed by atoms with van der Waals surface area (Å²) in [5, 5.41) is 9.19. The van der Waals surface area contributed by atoms with Gasteiger partial charge in [-0.05, 0) is 17.7 Å². The molecule has 78 valence electrons. The second kappa shape index (κ2) is 3.88. The number of nitrogen functional groups attached to an aromatic ring is 1. The Hall–Kier alpha value is -1.22. The van der Waals surface area contributed by atoms with E-state index in [4.69, 9.17) is 10.5 Å². The second-order valence-corrected chi connectivity index (χ2v) is 4.00. The van der Waals surface area contributed by atoms with Gasteiger partial charge in [-0.3, -0.25) is 0 Å². The van der Waals surface area contributed by atoms with Crippen molar-refractivity contribution in [2.75, 3.05) is 19.5 Å². The molecule has 0 heterocycles. The topological polar surface area (TPSA) is 55.5 Å². The minimum atomic E-state index is -0.264. The number of aliphatic hydroxyl groups is 1. The van der Waals surface area contributed by atoms with Crippen LogP contribution in [0.4, 0.5) is 5.69 Å². The predicted molar refractivity (Wildman–Crippen MR) is 57.5 cm³/mol. The molecule has 1 rings (SSSR count). The molecule has 0 atom stereocenters. The molecule has 0 saturated carbocycles. The summed E-state index contributed by atoms with van der Waals surface area (Å²) in [6.45, 7) is 4.03. The van der Waals surface area contributed by atoms with Gasteiger partial charge < -0.3 is 15.6 Å². The van der Waals surface area contributed by atoms with E-state index in [1.54, 1.807) is 7.11 Å². The minimum Gasteiger partial charge on any atom is -0.495 e. The molecule has 0 radical (unpaired) electrons. The van der Waals surface area contributed by atoms with Gasteiger partial charge in [0.1, 0.15) is 5.75 Å². The minimum absolute atomic E-state index is 0.0960. The largest absolute Gasteiger partial charge is 0.495 e. The zero-order valence-electron chi connectivity index (χ0n) is 8.87. The van der Waals surface area contributed by atoms with Crippen LogP contribution in [0.3, 0.4) is 0 Å². The van der Waals surface area contributed by atoms with Crippen LogP contribution < -0.4 is 10.5 Å². The first-order valence-electron chi connectivity index (χ1n) is 4.56. The number of anilines is 1. The smallest absolute Gasteiger partial charge is 0.141 e. The van der Waals surface area contributed by atoms with Gasteiger partial charge in [0.05, 0.1) is 19.4 Å². The van der Waals surface area contributed by atoms with Crippen LogP contribution >= 0.6 is 0 Å². The van der Waals surface area contributed by atoms with Crippen LogP contribution in [0.15, 0.2) is 18.2 Å². The zero-order chi connectivity index (χ0) is 10.8. The molecule has 0 aliphatic heterocycles. The summed E-state index contributed by atoms with van der Waals surface area (Å²) in [6.07, 6.45) is 0. The molecule has 3 N–H and O–H groups in total. The molecule has 1 aromatic rings. The molecule has 3 nitrogen and oxygen atoms in total. The van der Waals surface area contributed by atoms with E-state index in [0.29, 0.717) is 11.4 Å². The summed E-state index contributed by atoms with van der Waals surface area (Å²) in [5.74, 6) is 0.669. The average Bonchev–Trinajstić information content (AvgIpc) is 2.17. The maximum atomic E-state index is 9.19. The highest BCUT2D eigenvalue weighted by atomic mass is 16.5. The number of hydrogen-bond donors (Lipinski definition) is 2. The van der Waals surface area contributed by atoms with Crippen LogP contribution in [-0.2, 0) is 5.41 Å². The van der Waals surface area contributed by atoms with E-state index >= 15 is 0 Å². The van der Waals surface area contributed by atoms with Crippen LogP contribution in [0.2, 0.25) is 0 Å². The van der Waals surface area contributed by atoms with Gasteiger partial charge >= 0.3 is 0 Å². The predicted octanol–water partition coefficient (Wildman–Crippen LogP) is 1.55. The molecule has 3 heteroatoms. The average molecular weight is 195 g/mol. The van der Waals surface area contributed by atoms with E-state index in [9.17, 15) is 5.11 Å². The van der Waals surface area contributed by atoms with E-state index < -0.39 is 0 Å². The highest BCUT2D eigenvalue weighted by molar-refractivity contribution is 5.55. The summed E-state index contributed by atoms with van der Waals surface area (Å²) in [5.41, 5.74) is 7.13. The van der Waals surface area contributed by atoms with E-state index in [1.807, 2.05) is 32.0 Å². The molecule has 0 aromatic heterocycles. The van der Waals surface area contributed by atoms with Gasteiger partial charge in [-0.25, -0.2) is 0 Å². The quantitative estimate of drug-likeness (QED) is 0.719. The van der Waals surface area contributed by atoms with E-state index in [0.717, 1.165) is 5.56 Å². The molecule has 0 fully saturated rings. The van der Waals surface area contributed by atoms with E-state index in [-0.39, 0.29) is 12.0 Å². The number of rotatable bonds is 3. The van der Waals surface area contributed by atoms with Crippen LogP contribution in [0.25, 0.3) is 0 Å². The number of nitrogens with two attached hydrogens (primary N) is 1. The van der Waals surface area contributed by atoms with Crippen molar-refractivity contribution in [2.45, 2.75) is 19.3 Å². The normalized spacial score (nSPS) is 11.4. The molecule has 0 spiro atoms. The molecule has 0 saturated heterocycles. The lowest BCUT2D eigenvalue weighted by atomic mass is 9.85. The number of hydrogen-bond acceptors (Lipinski definition) is 3. The van der Waals surface area contributed by atoms with Gasteiger partial charge in [0.15, 0.2) is 0 Å². The maximum Gasteiger partial charge on any atom is 0.141 e. The van der Waals surface area contributed by atoms with Crippen molar-refractivity contribution in [3.8, 4) is 5.75 Å². The second-order valence-electron chi connectivity index (χ2n) is 4.00. The molecule has 1 aromatic carbocycles. The van der Waals surface area contributed by atoms with Crippen LogP contribution in [0.5, 0.6) is 5.75 Å². The van der Waals surface area contributed by atoms with Crippen LogP contribution in [0, 0.1) is 0 Å².